The van der Waals surface area contributed by atoms with Crippen LogP contribution in [0.1, 0.15) is 149 Å². The van der Waals surface area contributed by atoms with E-state index in [0.717, 1.165) is 97.3 Å². The lowest BCUT2D eigenvalue weighted by atomic mass is 9.98. The highest BCUT2D eigenvalue weighted by Crippen LogP contribution is 2.33. The van der Waals surface area contributed by atoms with Crippen molar-refractivity contribution in [3.63, 3.8) is 0 Å². The third-order valence-electron chi connectivity index (χ3n) is 12.6. The van der Waals surface area contributed by atoms with Gasteiger partial charge >= 0.3 is 17.9 Å². The van der Waals surface area contributed by atoms with Gasteiger partial charge in [-0.1, -0.05) is 96.8 Å². The summed E-state index contributed by atoms with van der Waals surface area (Å²) in [5, 5.41) is 105. The highest BCUT2D eigenvalue weighted by atomic mass is 16.8. The molecule has 17 atom stereocenters. The monoisotopic (exact) mass is 971 g/mol. The van der Waals surface area contributed by atoms with Crippen LogP contribution in [-0.4, -0.2) is 193 Å². The summed E-state index contributed by atoms with van der Waals surface area (Å²) in [6, 6.07) is 0. The predicted octanol–water partition coefficient (Wildman–Crippen LogP) is 1.23. The van der Waals surface area contributed by atoms with Crippen molar-refractivity contribution < 1.29 is 103 Å². The van der Waals surface area contributed by atoms with Crippen LogP contribution in [0.25, 0.3) is 0 Å². The summed E-state index contributed by atoms with van der Waals surface area (Å²) >= 11 is 0. The minimum absolute atomic E-state index is 0.275. The third-order valence-corrected chi connectivity index (χ3v) is 12.6. The van der Waals surface area contributed by atoms with E-state index in [1.165, 1.54) is 0 Å². The van der Waals surface area contributed by atoms with Crippen LogP contribution < -0.4 is 0 Å². The van der Waals surface area contributed by atoms with Crippen molar-refractivity contribution in [2.24, 2.45) is 0 Å². The normalized spacial score (nSPS) is 32.0. The summed E-state index contributed by atoms with van der Waals surface area (Å²) in [7, 11) is 0. The molecule has 0 aromatic rings. The Labute approximate surface area is 393 Å². The fourth-order valence-corrected chi connectivity index (χ4v) is 8.61. The van der Waals surface area contributed by atoms with Crippen molar-refractivity contribution >= 4 is 17.9 Å². The highest BCUT2D eigenvalue weighted by molar-refractivity contribution is 5.71. The van der Waals surface area contributed by atoms with Crippen LogP contribution in [0, 0.1) is 0 Å². The van der Waals surface area contributed by atoms with E-state index in [9.17, 15) is 60.3 Å². The molecule has 0 aliphatic carbocycles. The molecule has 67 heavy (non-hydrogen) atoms. The second kappa shape index (κ2) is 31.9. The van der Waals surface area contributed by atoms with Gasteiger partial charge in [-0.05, 0) is 38.5 Å². The van der Waals surface area contributed by atoms with Crippen LogP contribution in [0.2, 0.25) is 0 Å². The van der Waals surface area contributed by atoms with E-state index in [1.807, 2.05) is 0 Å². The average molecular weight is 971 g/mol. The van der Waals surface area contributed by atoms with Crippen LogP contribution in [0.15, 0.2) is 0 Å². The number of rotatable bonds is 33. The molecule has 17 unspecified atom stereocenters. The fraction of sp³-hybridized carbons (Fsp3) is 0.935. The van der Waals surface area contributed by atoms with E-state index in [4.69, 9.17) is 43.0 Å². The molecule has 21 nitrogen and oxygen atoms in total. The van der Waals surface area contributed by atoms with E-state index < -0.39 is 135 Å². The van der Waals surface area contributed by atoms with Gasteiger partial charge in [-0.2, -0.15) is 0 Å². The Kier molecular flexibility index (Phi) is 28.2. The van der Waals surface area contributed by atoms with Crippen LogP contribution in [-0.2, 0) is 52.3 Å². The number of carbonyl (C=O) groups is 3. The molecule has 0 aromatic heterocycles. The Bertz CT molecular complexity index is 1370. The Morgan fingerprint density at radius 3 is 1.64 bits per heavy atom. The van der Waals surface area contributed by atoms with Crippen molar-refractivity contribution in [1.82, 2.24) is 0 Å². The van der Waals surface area contributed by atoms with Gasteiger partial charge in [0.1, 0.15) is 48.8 Å². The summed E-state index contributed by atoms with van der Waals surface area (Å²) in [6.45, 7) is 2.76. The molecule has 3 aliphatic heterocycles. The molecule has 392 valence electrons. The van der Waals surface area contributed by atoms with Crippen molar-refractivity contribution in [3.8, 4) is 0 Å². The number of unbranched alkanes of at least 4 members (excludes halogenated alkanes) is 12. The highest BCUT2D eigenvalue weighted by Gasteiger charge is 2.53. The van der Waals surface area contributed by atoms with Crippen LogP contribution in [0.5, 0.6) is 0 Å². The number of hydrogen-bond acceptors (Lipinski definition) is 20. The quantitative estimate of drug-likeness (QED) is 0.0327. The van der Waals surface area contributed by atoms with E-state index in [-0.39, 0.29) is 13.0 Å². The summed E-state index contributed by atoms with van der Waals surface area (Å²) in [6.07, 6.45) is -8.02. The number of ether oxygens (including phenoxy) is 8. The molecule has 3 heterocycles. The zero-order chi connectivity index (χ0) is 49.5. The third kappa shape index (κ3) is 20.6. The second-order valence-corrected chi connectivity index (χ2v) is 18.2. The molecule has 0 radical (unpaired) electrons. The lowest BCUT2D eigenvalue weighted by Gasteiger charge is -2.47. The fourth-order valence-electron chi connectivity index (χ4n) is 8.61. The number of carboxylic acids is 1. The van der Waals surface area contributed by atoms with Gasteiger partial charge in [0, 0.05) is 13.8 Å². The molecule has 0 amide bonds. The first-order valence-electron chi connectivity index (χ1n) is 24.5. The standard InChI is InChI=1S/C46H82O21/c1-4-5-15-19-29(20-18-23-31(51)30(50)21-16-13-11-9-7-6-8-10-12-14-17-22-32(52)43(58)59)64-45-42(37(55)35(26-61-45)62-27(2)48)67-46-41(36(54)33(53)25-60-46)66-44-39(57)38(56)40(63-28(3)49)34(24-47)65-44/h29-42,44-47,50-57H,4-26H2,1-3H3,(H,58,59). The zero-order valence-corrected chi connectivity index (χ0v) is 39.5. The molecule has 10 N–H and O–H groups in total. The Morgan fingerprint density at radius 2 is 1.07 bits per heavy atom. The van der Waals surface area contributed by atoms with Gasteiger partial charge in [0.05, 0.1) is 38.1 Å². The van der Waals surface area contributed by atoms with E-state index in [1.54, 1.807) is 0 Å². The summed E-state index contributed by atoms with van der Waals surface area (Å²) in [5.41, 5.74) is 0. The Hall–Kier alpha value is -2.19. The van der Waals surface area contributed by atoms with Gasteiger partial charge < -0.3 is 89.0 Å². The van der Waals surface area contributed by atoms with Gasteiger partial charge in [-0.25, -0.2) is 4.79 Å². The molecule has 21 heteroatoms. The maximum atomic E-state index is 12.0. The second-order valence-electron chi connectivity index (χ2n) is 18.2. The summed E-state index contributed by atoms with van der Waals surface area (Å²) in [5.74, 6) is -2.70. The molecular weight excluding hydrogens is 888 g/mol. The minimum atomic E-state index is -1.90. The van der Waals surface area contributed by atoms with Gasteiger partial charge in [-0.15, -0.1) is 0 Å². The van der Waals surface area contributed by atoms with Gasteiger partial charge in [0.2, 0.25) is 0 Å². The van der Waals surface area contributed by atoms with Crippen molar-refractivity contribution in [2.75, 3.05) is 19.8 Å². The number of aliphatic carboxylic acids is 1. The van der Waals surface area contributed by atoms with E-state index in [2.05, 4.69) is 6.92 Å². The maximum absolute atomic E-state index is 12.0. The smallest absolute Gasteiger partial charge is 0.332 e. The summed E-state index contributed by atoms with van der Waals surface area (Å²) in [4.78, 5) is 34.3. The molecule has 3 aliphatic rings. The molecule has 0 bridgehead atoms. The molecule has 3 saturated heterocycles. The number of carbonyl (C=O) groups excluding carboxylic acids is 2. The number of carboxylic acid groups (broad SMARTS) is 1. The maximum Gasteiger partial charge on any atom is 0.332 e. The Morgan fingerprint density at radius 1 is 0.567 bits per heavy atom. The van der Waals surface area contributed by atoms with Crippen LogP contribution in [0.4, 0.5) is 0 Å². The lowest BCUT2D eigenvalue weighted by molar-refractivity contribution is -0.380. The van der Waals surface area contributed by atoms with Crippen molar-refractivity contribution in [2.45, 2.75) is 254 Å². The van der Waals surface area contributed by atoms with Gasteiger partial charge in [-0.3, -0.25) is 9.59 Å². The molecular formula is C46H82O21. The van der Waals surface area contributed by atoms with Gasteiger partial charge in [0.15, 0.2) is 37.2 Å². The van der Waals surface area contributed by atoms with Gasteiger partial charge in [0.25, 0.3) is 0 Å². The zero-order valence-electron chi connectivity index (χ0n) is 39.5. The first kappa shape index (κ1) is 59.1. The lowest BCUT2D eigenvalue weighted by Crippen LogP contribution is -2.65. The predicted molar refractivity (Wildman–Crippen MR) is 235 cm³/mol. The number of hydrogen-bond donors (Lipinski definition) is 10. The topological polar surface area (TPSA) is 327 Å². The number of esters is 2. The van der Waals surface area contributed by atoms with Crippen LogP contribution >= 0.6 is 0 Å². The van der Waals surface area contributed by atoms with Crippen molar-refractivity contribution in [3.05, 3.63) is 0 Å². The van der Waals surface area contributed by atoms with E-state index >= 15 is 0 Å². The van der Waals surface area contributed by atoms with E-state index in [0.29, 0.717) is 38.5 Å². The largest absolute Gasteiger partial charge is 0.479 e. The Balaban J connectivity index is 1.56. The number of aliphatic hydroxyl groups is 9. The average Bonchev–Trinajstić information content (AvgIpc) is 3.28. The molecule has 0 spiro atoms. The van der Waals surface area contributed by atoms with Crippen molar-refractivity contribution in [1.29, 1.82) is 0 Å². The SMILES string of the molecule is CCCCCC(CCCC(O)C(O)CCCCCCCCCCCCCC(O)C(=O)O)OC1OCC(OC(C)=O)C(O)C1OC1OCC(O)C(O)C1OC1OC(CO)C(OC(C)=O)C(O)C1O. The molecule has 0 saturated carbocycles. The molecule has 0 aromatic carbocycles. The summed E-state index contributed by atoms with van der Waals surface area (Å²) < 4.78 is 46.2. The molecule has 3 fully saturated rings. The first-order valence-corrected chi connectivity index (χ1v) is 24.5. The van der Waals surface area contributed by atoms with Crippen LogP contribution in [0.3, 0.4) is 0 Å². The number of aliphatic hydroxyl groups excluding tert-OH is 9. The first-order chi connectivity index (χ1) is 32.0. The molecule has 3 rings (SSSR count). The minimum Gasteiger partial charge on any atom is -0.479 e.